The summed E-state index contributed by atoms with van der Waals surface area (Å²) < 4.78 is 2.06. The third kappa shape index (κ3) is 2.67. The van der Waals surface area contributed by atoms with E-state index in [1.54, 1.807) is 0 Å². The summed E-state index contributed by atoms with van der Waals surface area (Å²) in [4.78, 5) is 9.77. The van der Waals surface area contributed by atoms with Gasteiger partial charge in [0.1, 0.15) is 5.65 Å². The molecule has 6 nitrogen and oxygen atoms in total. The number of nitrogens with zero attached hydrogens (tertiary/aromatic N) is 4. The molecule has 2 N–H and O–H groups in total. The van der Waals surface area contributed by atoms with Crippen LogP contribution in [0.25, 0.3) is 22.2 Å². The van der Waals surface area contributed by atoms with Gasteiger partial charge in [-0.3, -0.25) is 4.68 Å². The number of rotatable bonds is 5. The molecule has 0 spiro atoms. The van der Waals surface area contributed by atoms with E-state index in [0.717, 1.165) is 36.2 Å². The lowest BCUT2D eigenvalue weighted by atomic mass is 10.1. The maximum Gasteiger partial charge on any atom is 0.137 e. The van der Waals surface area contributed by atoms with Crippen molar-refractivity contribution in [1.29, 1.82) is 0 Å². The molecule has 3 aromatic rings. The fourth-order valence-electron chi connectivity index (χ4n) is 2.95. The van der Waals surface area contributed by atoms with Crippen LogP contribution >= 0.6 is 0 Å². The normalized spacial score (nSPS) is 15.3. The molecule has 0 fully saturated rings. The molecule has 118 valence electrons. The van der Waals surface area contributed by atoms with Crippen molar-refractivity contribution < 1.29 is 0 Å². The summed E-state index contributed by atoms with van der Waals surface area (Å²) in [6.45, 7) is 4.14. The molecule has 1 aliphatic rings. The maximum absolute atomic E-state index is 4.56. The molecule has 0 aliphatic carbocycles. The van der Waals surface area contributed by atoms with Crippen molar-refractivity contribution in [2.45, 2.75) is 19.4 Å². The molecule has 4 rings (SSSR count). The van der Waals surface area contributed by atoms with Gasteiger partial charge in [0.05, 0.1) is 18.9 Å². The highest BCUT2D eigenvalue weighted by Gasteiger charge is 2.12. The summed E-state index contributed by atoms with van der Waals surface area (Å²) in [7, 11) is 0. The zero-order chi connectivity index (χ0) is 15.6. The molecule has 0 amide bonds. The monoisotopic (exact) mass is 308 g/mol. The lowest BCUT2D eigenvalue weighted by molar-refractivity contribution is 0.338. The van der Waals surface area contributed by atoms with Gasteiger partial charge in [0.25, 0.3) is 0 Å². The predicted octanol–water partition coefficient (Wildman–Crippen LogP) is 2.71. The first-order valence-electron chi connectivity index (χ1n) is 7.92. The molecule has 1 aliphatic heterocycles. The van der Waals surface area contributed by atoms with Crippen LogP contribution in [-0.2, 0) is 0 Å². The van der Waals surface area contributed by atoms with Gasteiger partial charge in [0.15, 0.2) is 0 Å². The average molecular weight is 308 g/mol. The third-order valence-corrected chi connectivity index (χ3v) is 4.36. The van der Waals surface area contributed by atoms with Gasteiger partial charge in [0.2, 0.25) is 0 Å². The molecule has 0 bridgehead atoms. The Hall–Kier alpha value is -2.76. The molecule has 4 heterocycles. The predicted molar refractivity (Wildman–Crippen MR) is 90.5 cm³/mol. The van der Waals surface area contributed by atoms with E-state index < -0.39 is 0 Å². The quantitative estimate of drug-likeness (QED) is 0.761. The van der Waals surface area contributed by atoms with Crippen molar-refractivity contribution in [2.24, 2.45) is 0 Å². The largest absolute Gasteiger partial charge is 0.373 e. The van der Waals surface area contributed by atoms with Crippen LogP contribution in [0.3, 0.4) is 0 Å². The minimum absolute atomic E-state index is 0.362. The van der Waals surface area contributed by atoms with Crippen LogP contribution in [0, 0.1) is 0 Å². The SMILES string of the molecule is CC(CCN1C=CNC1)n1cc(-c2ccnc3[nH]ccc23)cn1. The number of fused-ring (bicyclic) bond motifs is 1. The minimum Gasteiger partial charge on any atom is -0.373 e. The Balaban J connectivity index is 1.52. The first-order chi connectivity index (χ1) is 11.3. The molecule has 1 atom stereocenters. The molecular weight excluding hydrogens is 288 g/mol. The van der Waals surface area contributed by atoms with Crippen LogP contribution in [0.4, 0.5) is 0 Å². The van der Waals surface area contributed by atoms with Crippen molar-refractivity contribution in [3.05, 3.63) is 49.3 Å². The lowest BCUT2D eigenvalue weighted by Gasteiger charge is -2.18. The van der Waals surface area contributed by atoms with Crippen molar-refractivity contribution in [3.8, 4) is 11.1 Å². The summed E-state index contributed by atoms with van der Waals surface area (Å²) in [6, 6.07) is 4.47. The summed E-state index contributed by atoms with van der Waals surface area (Å²) in [5.41, 5.74) is 3.21. The molecule has 0 saturated carbocycles. The van der Waals surface area contributed by atoms with Gasteiger partial charge in [-0.25, -0.2) is 4.98 Å². The number of hydrogen-bond acceptors (Lipinski definition) is 4. The van der Waals surface area contributed by atoms with Gasteiger partial charge < -0.3 is 15.2 Å². The highest BCUT2D eigenvalue weighted by molar-refractivity contribution is 5.92. The molecule has 6 heteroatoms. The molecular formula is C17H20N6. The Kier molecular flexibility index (Phi) is 3.49. The van der Waals surface area contributed by atoms with Gasteiger partial charge in [-0.05, 0) is 31.0 Å². The second kappa shape index (κ2) is 5.79. The number of H-pyrrole nitrogens is 1. The van der Waals surface area contributed by atoms with Gasteiger partial charge in [-0.1, -0.05) is 0 Å². The zero-order valence-corrected chi connectivity index (χ0v) is 13.1. The summed E-state index contributed by atoms with van der Waals surface area (Å²) >= 11 is 0. The van der Waals surface area contributed by atoms with E-state index in [1.165, 1.54) is 5.56 Å². The van der Waals surface area contributed by atoms with Crippen LogP contribution in [0.5, 0.6) is 0 Å². The second-order valence-electron chi connectivity index (χ2n) is 5.94. The average Bonchev–Trinajstić information content (AvgIpc) is 3.32. The molecule has 0 saturated heterocycles. The van der Waals surface area contributed by atoms with Gasteiger partial charge in [-0.2, -0.15) is 5.10 Å². The van der Waals surface area contributed by atoms with Crippen molar-refractivity contribution in [2.75, 3.05) is 13.2 Å². The topological polar surface area (TPSA) is 61.8 Å². The molecule has 0 radical (unpaired) electrons. The van der Waals surface area contributed by atoms with Crippen LogP contribution in [0.2, 0.25) is 0 Å². The molecule has 0 aromatic carbocycles. The van der Waals surface area contributed by atoms with E-state index in [-0.39, 0.29) is 0 Å². The van der Waals surface area contributed by atoms with Crippen molar-refractivity contribution in [3.63, 3.8) is 0 Å². The van der Waals surface area contributed by atoms with E-state index in [2.05, 4.69) is 55.4 Å². The van der Waals surface area contributed by atoms with Crippen molar-refractivity contribution in [1.82, 2.24) is 30.0 Å². The van der Waals surface area contributed by atoms with E-state index >= 15 is 0 Å². The van der Waals surface area contributed by atoms with Gasteiger partial charge >= 0.3 is 0 Å². The van der Waals surface area contributed by atoms with E-state index in [0.29, 0.717) is 6.04 Å². The maximum atomic E-state index is 4.56. The Morgan fingerprint density at radius 1 is 1.35 bits per heavy atom. The number of nitrogens with one attached hydrogen (secondary N) is 2. The molecule has 3 aromatic heterocycles. The Morgan fingerprint density at radius 3 is 3.17 bits per heavy atom. The fourth-order valence-corrected chi connectivity index (χ4v) is 2.95. The van der Waals surface area contributed by atoms with Gasteiger partial charge in [-0.15, -0.1) is 0 Å². The zero-order valence-electron chi connectivity index (χ0n) is 13.1. The van der Waals surface area contributed by atoms with E-state index in [1.807, 2.05) is 30.9 Å². The first-order valence-corrected chi connectivity index (χ1v) is 7.92. The highest BCUT2D eigenvalue weighted by Crippen LogP contribution is 2.27. The number of aromatic nitrogens is 4. The lowest BCUT2D eigenvalue weighted by Crippen LogP contribution is -2.23. The highest BCUT2D eigenvalue weighted by atomic mass is 15.3. The van der Waals surface area contributed by atoms with Crippen LogP contribution in [0.1, 0.15) is 19.4 Å². The van der Waals surface area contributed by atoms with Crippen LogP contribution in [0.15, 0.2) is 49.3 Å². The minimum atomic E-state index is 0.362. The summed E-state index contributed by atoms with van der Waals surface area (Å²) in [5, 5.41) is 8.89. The molecule has 23 heavy (non-hydrogen) atoms. The Bertz CT molecular complexity index is 830. The smallest absolute Gasteiger partial charge is 0.137 e. The number of pyridine rings is 1. The Morgan fingerprint density at radius 2 is 2.30 bits per heavy atom. The number of hydrogen-bond donors (Lipinski definition) is 2. The molecule has 1 unspecified atom stereocenters. The van der Waals surface area contributed by atoms with Gasteiger partial charge in [0, 0.05) is 48.5 Å². The summed E-state index contributed by atoms with van der Waals surface area (Å²) in [6.07, 6.45) is 13.0. The standard InChI is InChI=1S/C17H20N6/c1-13(4-8-22-9-7-18-12-22)23-11-14(10-21-23)15-2-5-19-17-16(15)3-6-20-17/h2-3,5-7,9-11,13,18H,4,8,12H2,1H3,(H,19,20). The van der Waals surface area contributed by atoms with Crippen molar-refractivity contribution >= 4 is 11.0 Å². The third-order valence-electron chi connectivity index (χ3n) is 4.36. The Labute approximate surface area is 134 Å². The fraction of sp³-hybridized carbons (Fsp3) is 0.294. The van der Waals surface area contributed by atoms with Crippen LogP contribution in [-0.4, -0.2) is 37.9 Å². The van der Waals surface area contributed by atoms with E-state index in [4.69, 9.17) is 0 Å². The van der Waals surface area contributed by atoms with E-state index in [9.17, 15) is 0 Å². The summed E-state index contributed by atoms with van der Waals surface area (Å²) in [5.74, 6) is 0. The number of aromatic amines is 1. The first kappa shape index (κ1) is 13.9. The second-order valence-corrected chi connectivity index (χ2v) is 5.94. The van der Waals surface area contributed by atoms with Crippen LogP contribution < -0.4 is 5.32 Å².